The second kappa shape index (κ2) is 6.90. The Bertz CT molecular complexity index is 389. The molecule has 1 aromatic rings. The highest BCUT2D eigenvalue weighted by Crippen LogP contribution is 2.17. The molecule has 0 aliphatic rings. The summed E-state index contributed by atoms with van der Waals surface area (Å²) in [6.45, 7) is 4.92. The van der Waals surface area contributed by atoms with Crippen LogP contribution in [0.2, 0.25) is 0 Å². The summed E-state index contributed by atoms with van der Waals surface area (Å²) in [6.07, 6.45) is 1.75. The van der Waals surface area contributed by atoms with Gasteiger partial charge >= 0.3 is 0 Å². The molecule has 0 heterocycles. The van der Waals surface area contributed by atoms with E-state index >= 15 is 0 Å². The summed E-state index contributed by atoms with van der Waals surface area (Å²) in [7, 11) is 3.31. The highest BCUT2D eigenvalue weighted by Gasteiger charge is 2.09. The zero-order valence-corrected chi connectivity index (χ0v) is 12.8. The molecule has 0 aliphatic heterocycles. The lowest BCUT2D eigenvalue weighted by Gasteiger charge is -2.18. The van der Waals surface area contributed by atoms with Gasteiger partial charge in [-0.15, -0.1) is 0 Å². The number of nitrogens with one attached hydrogen (secondary N) is 1. The number of hydrogen-bond acceptors (Lipinski definition) is 3. The molecule has 102 valence electrons. The first-order valence-corrected chi connectivity index (χ1v) is 7.87. The predicted octanol–water partition coefficient (Wildman–Crippen LogP) is 2.17. The highest BCUT2D eigenvalue weighted by atomic mass is 32.2. The average molecular weight is 268 g/mol. The third-order valence-electron chi connectivity index (χ3n) is 3.19. The predicted molar refractivity (Wildman–Crippen MR) is 80.7 cm³/mol. The molecule has 18 heavy (non-hydrogen) atoms. The van der Waals surface area contributed by atoms with Gasteiger partial charge in [0.1, 0.15) is 0 Å². The van der Waals surface area contributed by atoms with Gasteiger partial charge in [-0.1, -0.05) is 12.1 Å². The second-order valence-corrected chi connectivity index (χ2v) is 6.73. The largest absolute Gasteiger partial charge is 0.378 e. The van der Waals surface area contributed by atoms with Crippen molar-refractivity contribution in [2.24, 2.45) is 0 Å². The molecule has 0 saturated carbocycles. The number of anilines is 1. The molecule has 1 rings (SSSR count). The molecule has 4 heteroatoms. The Morgan fingerprint density at radius 1 is 1.22 bits per heavy atom. The summed E-state index contributed by atoms with van der Waals surface area (Å²) < 4.78 is 11.3. The first kappa shape index (κ1) is 15.2. The first-order chi connectivity index (χ1) is 8.41. The van der Waals surface area contributed by atoms with Crippen LogP contribution in [0.1, 0.15) is 25.5 Å². The summed E-state index contributed by atoms with van der Waals surface area (Å²) in [6, 6.07) is 8.80. The zero-order chi connectivity index (χ0) is 13.7. The molecule has 3 unspecified atom stereocenters. The van der Waals surface area contributed by atoms with E-state index in [1.807, 2.05) is 21.0 Å². The topological polar surface area (TPSA) is 32.3 Å². The Labute approximate surface area is 113 Å². The third-order valence-corrected chi connectivity index (χ3v) is 4.49. The van der Waals surface area contributed by atoms with E-state index in [4.69, 9.17) is 0 Å². The maximum absolute atomic E-state index is 11.3. The van der Waals surface area contributed by atoms with Crippen molar-refractivity contribution in [3.63, 3.8) is 0 Å². The van der Waals surface area contributed by atoms with Crippen LogP contribution in [0, 0.1) is 0 Å². The number of rotatable bonds is 6. The van der Waals surface area contributed by atoms with Crippen LogP contribution in [-0.4, -0.2) is 36.4 Å². The third kappa shape index (κ3) is 4.42. The van der Waals surface area contributed by atoms with E-state index in [9.17, 15) is 4.21 Å². The van der Waals surface area contributed by atoms with E-state index in [-0.39, 0.29) is 11.3 Å². The van der Waals surface area contributed by atoms with Crippen molar-refractivity contribution in [2.75, 3.05) is 31.8 Å². The Morgan fingerprint density at radius 2 is 1.78 bits per heavy atom. The van der Waals surface area contributed by atoms with Gasteiger partial charge in [0.2, 0.25) is 0 Å². The fraction of sp³-hybridized carbons (Fsp3) is 0.571. The molecular weight excluding hydrogens is 244 g/mol. The Balaban J connectivity index is 2.56. The Kier molecular flexibility index (Phi) is 5.82. The minimum absolute atomic E-state index is 0.188. The maximum atomic E-state index is 11.3. The van der Waals surface area contributed by atoms with Gasteiger partial charge in [0.05, 0.1) is 0 Å². The minimum atomic E-state index is -0.762. The SMILES string of the molecule is CC(NCC(C)S(C)=O)c1ccc(N(C)C)cc1. The van der Waals surface area contributed by atoms with Crippen molar-refractivity contribution in [3.8, 4) is 0 Å². The van der Waals surface area contributed by atoms with Crippen molar-refractivity contribution >= 4 is 16.5 Å². The number of nitrogens with zero attached hydrogens (tertiary/aromatic N) is 1. The molecule has 0 aromatic heterocycles. The normalized spacial score (nSPS) is 16.1. The quantitative estimate of drug-likeness (QED) is 0.858. The molecule has 1 aromatic carbocycles. The minimum Gasteiger partial charge on any atom is -0.378 e. The lowest BCUT2D eigenvalue weighted by molar-refractivity contribution is 0.569. The molecule has 0 spiro atoms. The molecule has 0 amide bonds. The molecule has 0 radical (unpaired) electrons. The highest BCUT2D eigenvalue weighted by molar-refractivity contribution is 7.84. The van der Waals surface area contributed by atoms with Crippen LogP contribution in [0.4, 0.5) is 5.69 Å². The fourth-order valence-electron chi connectivity index (χ4n) is 1.64. The van der Waals surface area contributed by atoms with Gasteiger partial charge in [-0.2, -0.15) is 0 Å². The maximum Gasteiger partial charge on any atom is 0.0441 e. The molecular formula is C14H24N2OS. The monoisotopic (exact) mass is 268 g/mol. The van der Waals surface area contributed by atoms with Crippen LogP contribution in [0.15, 0.2) is 24.3 Å². The standard InChI is InChI=1S/C14H24N2OS/c1-11(18(5)17)10-15-12(2)13-6-8-14(9-7-13)16(3)4/h6-9,11-12,15H,10H2,1-5H3. The molecule has 3 atom stereocenters. The van der Waals surface area contributed by atoms with E-state index in [0.29, 0.717) is 0 Å². The van der Waals surface area contributed by atoms with Crippen molar-refractivity contribution in [1.29, 1.82) is 0 Å². The van der Waals surface area contributed by atoms with Gasteiger partial charge in [-0.05, 0) is 31.5 Å². The summed E-state index contributed by atoms with van der Waals surface area (Å²) in [5.74, 6) is 0. The molecule has 0 saturated heterocycles. The van der Waals surface area contributed by atoms with Crippen LogP contribution in [0.3, 0.4) is 0 Å². The van der Waals surface area contributed by atoms with Gasteiger partial charge in [0.15, 0.2) is 0 Å². The fourth-order valence-corrected chi connectivity index (χ4v) is 1.97. The average Bonchev–Trinajstić information content (AvgIpc) is 2.35. The number of benzene rings is 1. The van der Waals surface area contributed by atoms with Crippen LogP contribution in [-0.2, 0) is 10.8 Å². The van der Waals surface area contributed by atoms with Crippen molar-refractivity contribution < 1.29 is 4.21 Å². The van der Waals surface area contributed by atoms with Crippen LogP contribution >= 0.6 is 0 Å². The van der Waals surface area contributed by atoms with Crippen LogP contribution in [0.25, 0.3) is 0 Å². The lowest BCUT2D eigenvalue weighted by Crippen LogP contribution is -2.29. The lowest BCUT2D eigenvalue weighted by atomic mass is 10.1. The van der Waals surface area contributed by atoms with Gasteiger partial charge < -0.3 is 10.2 Å². The summed E-state index contributed by atoms with van der Waals surface area (Å²) in [4.78, 5) is 2.09. The number of hydrogen-bond donors (Lipinski definition) is 1. The molecule has 3 nitrogen and oxygen atoms in total. The van der Waals surface area contributed by atoms with E-state index in [0.717, 1.165) is 6.54 Å². The summed E-state index contributed by atoms with van der Waals surface area (Å²) >= 11 is 0. The van der Waals surface area contributed by atoms with Crippen molar-refractivity contribution in [2.45, 2.75) is 25.1 Å². The van der Waals surface area contributed by atoms with Gasteiger partial charge in [-0.3, -0.25) is 4.21 Å². The van der Waals surface area contributed by atoms with Gasteiger partial charge in [0, 0.05) is 54.7 Å². The van der Waals surface area contributed by atoms with Crippen molar-refractivity contribution in [1.82, 2.24) is 5.32 Å². The van der Waals surface area contributed by atoms with Gasteiger partial charge in [0.25, 0.3) is 0 Å². The first-order valence-electron chi connectivity index (χ1n) is 6.24. The molecule has 1 N–H and O–H groups in total. The van der Waals surface area contributed by atoms with Crippen molar-refractivity contribution in [3.05, 3.63) is 29.8 Å². The summed E-state index contributed by atoms with van der Waals surface area (Å²) in [5, 5.41) is 3.61. The van der Waals surface area contributed by atoms with Crippen LogP contribution < -0.4 is 10.2 Å². The zero-order valence-electron chi connectivity index (χ0n) is 11.9. The Hall–Kier alpha value is -0.870. The smallest absolute Gasteiger partial charge is 0.0441 e. The second-order valence-electron chi connectivity index (χ2n) is 4.93. The Morgan fingerprint density at radius 3 is 2.22 bits per heavy atom. The van der Waals surface area contributed by atoms with E-state index in [2.05, 4.69) is 41.4 Å². The molecule has 0 aliphatic carbocycles. The summed E-state index contributed by atoms with van der Waals surface area (Å²) in [5.41, 5.74) is 2.46. The van der Waals surface area contributed by atoms with Gasteiger partial charge in [-0.25, -0.2) is 0 Å². The van der Waals surface area contributed by atoms with E-state index in [1.165, 1.54) is 11.3 Å². The molecule has 0 fully saturated rings. The van der Waals surface area contributed by atoms with E-state index < -0.39 is 10.8 Å². The van der Waals surface area contributed by atoms with E-state index in [1.54, 1.807) is 6.26 Å². The molecule has 0 bridgehead atoms. The van der Waals surface area contributed by atoms with Crippen LogP contribution in [0.5, 0.6) is 0 Å².